The molecule has 0 heterocycles. The molecule has 0 amide bonds. The lowest BCUT2D eigenvalue weighted by Gasteiger charge is -2.22. The van der Waals surface area contributed by atoms with Crippen LogP contribution < -0.4 is 4.72 Å². The summed E-state index contributed by atoms with van der Waals surface area (Å²) >= 11 is 0. The summed E-state index contributed by atoms with van der Waals surface area (Å²) in [6.07, 6.45) is 1.22. The maximum atomic E-state index is 12.0. The highest BCUT2D eigenvalue weighted by Gasteiger charge is 2.23. The molecule has 0 saturated heterocycles. The van der Waals surface area contributed by atoms with Crippen molar-refractivity contribution in [3.63, 3.8) is 0 Å². The fourth-order valence-electron chi connectivity index (χ4n) is 1.74. The summed E-state index contributed by atoms with van der Waals surface area (Å²) in [5.74, 6) is -1.12. The Morgan fingerprint density at radius 3 is 2.30 bits per heavy atom. The smallest absolute Gasteiger partial charge is 0.335 e. The number of rotatable bonds is 7. The molecule has 3 N–H and O–H groups in total. The summed E-state index contributed by atoms with van der Waals surface area (Å²) in [5.41, 5.74) is -1.09. The van der Waals surface area contributed by atoms with Crippen LogP contribution in [0.5, 0.6) is 0 Å². The summed E-state index contributed by atoms with van der Waals surface area (Å²) in [7, 11) is -3.76. The van der Waals surface area contributed by atoms with Gasteiger partial charge < -0.3 is 10.2 Å². The number of benzene rings is 1. The van der Waals surface area contributed by atoms with Crippen molar-refractivity contribution in [2.75, 3.05) is 6.54 Å². The maximum absolute atomic E-state index is 12.0. The first-order valence-electron chi connectivity index (χ1n) is 6.23. The first-order valence-corrected chi connectivity index (χ1v) is 7.72. The van der Waals surface area contributed by atoms with Crippen LogP contribution in [-0.4, -0.2) is 36.7 Å². The van der Waals surface area contributed by atoms with Gasteiger partial charge in [0.15, 0.2) is 0 Å². The average molecular weight is 301 g/mol. The molecule has 1 rings (SSSR count). The average Bonchev–Trinajstić information content (AvgIpc) is 2.37. The molecule has 1 aromatic carbocycles. The predicted octanol–water partition coefficient (Wildman–Crippen LogP) is 1.21. The largest absolute Gasteiger partial charge is 0.478 e. The van der Waals surface area contributed by atoms with Gasteiger partial charge >= 0.3 is 5.97 Å². The molecule has 0 spiro atoms. The Labute approximate surface area is 118 Å². The number of carboxylic acids is 1. The van der Waals surface area contributed by atoms with Gasteiger partial charge in [0.25, 0.3) is 0 Å². The molecule has 20 heavy (non-hydrogen) atoms. The van der Waals surface area contributed by atoms with Crippen molar-refractivity contribution in [1.29, 1.82) is 0 Å². The van der Waals surface area contributed by atoms with E-state index in [1.165, 1.54) is 24.3 Å². The molecule has 0 aliphatic rings. The van der Waals surface area contributed by atoms with E-state index in [4.69, 9.17) is 5.11 Å². The van der Waals surface area contributed by atoms with E-state index >= 15 is 0 Å². The molecule has 0 radical (unpaired) electrons. The Morgan fingerprint density at radius 2 is 1.85 bits per heavy atom. The highest BCUT2D eigenvalue weighted by atomic mass is 32.2. The van der Waals surface area contributed by atoms with E-state index in [2.05, 4.69) is 4.72 Å². The van der Waals surface area contributed by atoms with Gasteiger partial charge in [0.05, 0.1) is 16.1 Å². The third-order valence-electron chi connectivity index (χ3n) is 2.84. The lowest BCUT2D eigenvalue weighted by Crippen LogP contribution is -2.40. The van der Waals surface area contributed by atoms with Crippen LogP contribution in [0.4, 0.5) is 0 Å². The zero-order valence-electron chi connectivity index (χ0n) is 11.5. The van der Waals surface area contributed by atoms with Crippen LogP contribution in [0.1, 0.15) is 37.0 Å². The van der Waals surface area contributed by atoms with Gasteiger partial charge in [0, 0.05) is 6.54 Å². The second-order valence-corrected chi connectivity index (χ2v) is 6.67. The molecule has 1 unspecified atom stereocenters. The van der Waals surface area contributed by atoms with Gasteiger partial charge in [-0.2, -0.15) is 0 Å². The van der Waals surface area contributed by atoms with Crippen molar-refractivity contribution in [2.24, 2.45) is 0 Å². The highest BCUT2D eigenvalue weighted by molar-refractivity contribution is 7.89. The SMILES string of the molecule is CCCC(C)(O)CNS(=O)(=O)c1ccc(C(=O)O)cc1. The van der Waals surface area contributed by atoms with Crippen molar-refractivity contribution >= 4 is 16.0 Å². The minimum atomic E-state index is -3.76. The van der Waals surface area contributed by atoms with Crippen LogP contribution in [0.3, 0.4) is 0 Å². The molecule has 0 fully saturated rings. The van der Waals surface area contributed by atoms with Gasteiger partial charge in [0.1, 0.15) is 0 Å². The van der Waals surface area contributed by atoms with Crippen molar-refractivity contribution < 1.29 is 23.4 Å². The van der Waals surface area contributed by atoms with Gasteiger partial charge in [-0.15, -0.1) is 0 Å². The number of hydrogen-bond donors (Lipinski definition) is 3. The molecule has 112 valence electrons. The van der Waals surface area contributed by atoms with Gasteiger partial charge in [0.2, 0.25) is 10.0 Å². The van der Waals surface area contributed by atoms with Gasteiger partial charge in [-0.1, -0.05) is 13.3 Å². The van der Waals surface area contributed by atoms with Crippen molar-refractivity contribution in [3.05, 3.63) is 29.8 Å². The number of aliphatic hydroxyl groups is 1. The zero-order chi connectivity index (χ0) is 15.4. The van der Waals surface area contributed by atoms with Gasteiger partial charge in [-0.05, 0) is 37.6 Å². The van der Waals surface area contributed by atoms with Crippen LogP contribution in [0.25, 0.3) is 0 Å². The molecule has 0 aliphatic carbocycles. The minimum Gasteiger partial charge on any atom is -0.478 e. The summed E-state index contributed by atoms with van der Waals surface area (Å²) in [4.78, 5) is 10.7. The van der Waals surface area contributed by atoms with Gasteiger partial charge in [-0.3, -0.25) is 0 Å². The minimum absolute atomic E-state index is 0.0157. The maximum Gasteiger partial charge on any atom is 0.335 e. The Bertz CT molecular complexity index is 563. The number of carbonyl (C=O) groups is 1. The molecular weight excluding hydrogens is 282 g/mol. The summed E-state index contributed by atoms with van der Waals surface area (Å²) in [5, 5.41) is 18.7. The van der Waals surface area contributed by atoms with E-state index in [0.29, 0.717) is 6.42 Å². The molecule has 0 saturated carbocycles. The van der Waals surface area contributed by atoms with E-state index in [9.17, 15) is 18.3 Å². The second kappa shape index (κ2) is 6.34. The number of carboxylic acid groups (broad SMARTS) is 1. The van der Waals surface area contributed by atoms with Crippen LogP contribution >= 0.6 is 0 Å². The number of sulfonamides is 1. The molecular formula is C13H19NO5S. The van der Waals surface area contributed by atoms with Crippen LogP contribution in [0.15, 0.2) is 29.2 Å². The van der Waals surface area contributed by atoms with Crippen LogP contribution in [-0.2, 0) is 10.0 Å². The van der Waals surface area contributed by atoms with Gasteiger partial charge in [-0.25, -0.2) is 17.9 Å². The number of aromatic carboxylic acids is 1. The topological polar surface area (TPSA) is 104 Å². The van der Waals surface area contributed by atoms with Crippen molar-refractivity contribution in [3.8, 4) is 0 Å². The Kier molecular flexibility index (Phi) is 5.27. The predicted molar refractivity (Wildman–Crippen MR) is 74.1 cm³/mol. The Morgan fingerprint density at radius 1 is 1.30 bits per heavy atom. The molecule has 1 aromatic rings. The highest BCUT2D eigenvalue weighted by Crippen LogP contribution is 2.14. The number of hydrogen-bond acceptors (Lipinski definition) is 4. The molecule has 0 bridgehead atoms. The van der Waals surface area contributed by atoms with Crippen molar-refractivity contribution in [1.82, 2.24) is 4.72 Å². The monoisotopic (exact) mass is 301 g/mol. The third kappa shape index (κ3) is 4.59. The quantitative estimate of drug-likeness (QED) is 0.702. The molecule has 7 heteroatoms. The standard InChI is InChI=1S/C13H19NO5S/c1-3-8-13(2,17)9-14-20(18,19)11-6-4-10(5-7-11)12(15)16/h4-7,14,17H,3,8-9H2,1-2H3,(H,15,16). The normalized spacial score (nSPS) is 14.8. The first kappa shape index (κ1) is 16.6. The summed E-state index contributed by atoms with van der Waals surface area (Å²) in [6, 6.07) is 4.89. The van der Waals surface area contributed by atoms with Crippen LogP contribution in [0.2, 0.25) is 0 Å². The Hall–Kier alpha value is -1.44. The lowest BCUT2D eigenvalue weighted by molar-refractivity contribution is 0.0554. The van der Waals surface area contributed by atoms with E-state index < -0.39 is 21.6 Å². The second-order valence-electron chi connectivity index (χ2n) is 4.90. The fraction of sp³-hybridized carbons (Fsp3) is 0.462. The molecule has 0 aromatic heterocycles. The molecule has 6 nitrogen and oxygen atoms in total. The summed E-state index contributed by atoms with van der Waals surface area (Å²) in [6.45, 7) is 3.37. The third-order valence-corrected chi connectivity index (χ3v) is 4.26. The number of nitrogens with one attached hydrogen (secondary N) is 1. The zero-order valence-corrected chi connectivity index (χ0v) is 12.3. The Balaban J connectivity index is 2.81. The van der Waals surface area contributed by atoms with Crippen LogP contribution in [0, 0.1) is 0 Å². The van der Waals surface area contributed by atoms with E-state index in [0.717, 1.165) is 6.42 Å². The first-order chi connectivity index (χ1) is 9.18. The van der Waals surface area contributed by atoms with E-state index in [-0.39, 0.29) is 17.0 Å². The van der Waals surface area contributed by atoms with E-state index in [1.807, 2.05) is 6.92 Å². The molecule has 1 atom stereocenters. The fourth-order valence-corrected chi connectivity index (χ4v) is 2.90. The molecule has 0 aliphatic heterocycles. The van der Waals surface area contributed by atoms with Crippen molar-refractivity contribution in [2.45, 2.75) is 37.2 Å². The van der Waals surface area contributed by atoms with E-state index in [1.54, 1.807) is 6.92 Å². The summed E-state index contributed by atoms with van der Waals surface area (Å²) < 4.78 is 26.3. The lowest BCUT2D eigenvalue weighted by atomic mass is 10.0.